The van der Waals surface area contributed by atoms with Gasteiger partial charge in [-0.15, -0.1) is 0 Å². The van der Waals surface area contributed by atoms with Crippen LogP contribution in [0.2, 0.25) is 20.1 Å². The first-order chi connectivity index (χ1) is 15.0. The normalized spacial score (nSPS) is 11.5. The van der Waals surface area contributed by atoms with Gasteiger partial charge in [-0.05, 0) is 96.4 Å². The molecule has 0 aliphatic rings. The Hall–Kier alpha value is 0.610. The molecule has 0 fully saturated rings. The van der Waals surface area contributed by atoms with Gasteiger partial charge >= 0.3 is 5.63 Å². The van der Waals surface area contributed by atoms with Crippen molar-refractivity contribution in [1.82, 2.24) is 0 Å². The van der Waals surface area contributed by atoms with Crippen molar-refractivity contribution in [3.63, 3.8) is 0 Å². The first-order valence-electron chi connectivity index (χ1n) is 8.13. The number of phenols is 2. The highest BCUT2D eigenvalue weighted by Gasteiger charge is 2.23. The lowest BCUT2D eigenvalue weighted by atomic mass is 10.1. The first-order valence-corrected chi connectivity index (χ1v) is 14.0. The summed E-state index contributed by atoms with van der Waals surface area (Å²) in [5.41, 5.74) is -0.570. The van der Waals surface area contributed by atoms with Gasteiger partial charge in [0.25, 0.3) is 0 Å². The van der Waals surface area contributed by atoms with E-state index in [4.69, 9.17) is 55.2 Å². The van der Waals surface area contributed by atoms with E-state index in [-0.39, 0.29) is 59.1 Å². The van der Waals surface area contributed by atoms with E-state index in [1.165, 1.54) is 6.07 Å². The van der Waals surface area contributed by atoms with Crippen molar-refractivity contribution < 1.29 is 19.0 Å². The third-order valence-electron chi connectivity index (χ3n) is 4.41. The zero-order chi connectivity index (χ0) is 23.6. The molecule has 0 amide bonds. The number of phenolic OH excluding ortho intramolecular Hbond substituents is 2. The fourth-order valence-electron chi connectivity index (χ4n) is 2.95. The van der Waals surface area contributed by atoms with E-state index < -0.39 is 5.63 Å². The molecule has 32 heavy (non-hydrogen) atoms. The highest BCUT2D eigenvalue weighted by atomic mass is 127. The zero-order valence-electron chi connectivity index (χ0n) is 14.8. The van der Waals surface area contributed by atoms with Crippen molar-refractivity contribution in [1.29, 1.82) is 0 Å². The third-order valence-corrected chi connectivity index (χ3v) is 9.86. The Morgan fingerprint density at radius 2 is 1.19 bits per heavy atom. The Balaban J connectivity index is 2.59. The van der Waals surface area contributed by atoms with Crippen LogP contribution in [0.15, 0.2) is 25.8 Å². The van der Waals surface area contributed by atoms with Crippen LogP contribution in [0.3, 0.4) is 0 Å². The topological polar surface area (TPSA) is 83.8 Å². The molecule has 0 bridgehead atoms. The van der Waals surface area contributed by atoms with Crippen molar-refractivity contribution in [3.8, 4) is 11.5 Å². The summed E-state index contributed by atoms with van der Waals surface area (Å²) >= 11 is 33.2. The van der Waals surface area contributed by atoms with E-state index in [2.05, 4.69) is 0 Å². The minimum absolute atomic E-state index is 0.0340. The summed E-state index contributed by atoms with van der Waals surface area (Å²) in [6.45, 7) is 0. The molecule has 3 aromatic carbocycles. The van der Waals surface area contributed by atoms with E-state index in [0.29, 0.717) is 19.7 Å². The van der Waals surface area contributed by atoms with Gasteiger partial charge in [0.05, 0.1) is 36.2 Å². The fourth-order valence-corrected chi connectivity index (χ4v) is 7.50. The van der Waals surface area contributed by atoms with Crippen LogP contribution < -0.4 is 5.63 Å². The van der Waals surface area contributed by atoms with Gasteiger partial charge in [0.2, 0.25) is 0 Å². The van der Waals surface area contributed by atoms with Crippen LogP contribution in [0.25, 0.3) is 32.9 Å². The molecule has 166 valence electrons. The number of rotatable bonds is 0. The first kappa shape index (κ1) is 25.7. The molecule has 0 spiro atoms. The third kappa shape index (κ3) is 4.13. The molecule has 0 unspecified atom stereocenters. The summed E-state index contributed by atoms with van der Waals surface area (Å²) < 4.78 is 13.3. The maximum Gasteiger partial charge on any atom is 0.345 e. The van der Waals surface area contributed by atoms with Gasteiger partial charge in [-0.1, -0.05) is 46.4 Å². The molecular weight excluding hydrogens is 958 g/mol. The molecule has 0 radical (unpaired) electrons. The second-order valence-electron chi connectivity index (χ2n) is 6.24. The van der Waals surface area contributed by atoms with Crippen LogP contribution in [0, 0.1) is 14.3 Å². The lowest BCUT2D eigenvalue weighted by molar-refractivity contribution is 0.464. The maximum absolute atomic E-state index is 13.3. The van der Waals surface area contributed by atoms with Crippen molar-refractivity contribution in [2.45, 2.75) is 0 Å². The van der Waals surface area contributed by atoms with Gasteiger partial charge in [0.1, 0.15) is 15.1 Å². The highest BCUT2D eigenvalue weighted by Crippen LogP contribution is 2.46. The number of hydrogen-bond acceptors (Lipinski definition) is 5. The Bertz CT molecular complexity index is 1610. The Morgan fingerprint density at radius 1 is 0.688 bits per heavy atom. The number of halogens is 8. The van der Waals surface area contributed by atoms with Gasteiger partial charge in [0.15, 0.2) is 16.7 Å². The smallest absolute Gasteiger partial charge is 0.345 e. The standard InChI is InChI=1S/C19H4Cl4I4O5/c20-9-7-3-1-4(24)15(28)13(26)17(3)32-18-6(2-5(25)16(29)14(18)27)31-19(30)8(7)10(21)12(23)11(9)22/h1-2,28-29H. The molecule has 4 aromatic rings. The molecule has 13 heteroatoms. The second-order valence-corrected chi connectivity index (χ2v) is 12.2. The monoisotopic (exact) mass is 959 g/mol. The van der Waals surface area contributed by atoms with Crippen molar-refractivity contribution in [2.24, 2.45) is 0 Å². The minimum atomic E-state index is -0.849. The Labute approximate surface area is 253 Å². The molecular formula is C19H4Cl4I4O5. The average Bonchev–Trinajstić information content (AvgIpc) is 2.79. The molecule has 0 saturated carbocycles. The summed E-state index contributed by atoms with van der Waals surface area (Å²) in [7, 11) is 0. The van der Waals surface area contributed by atoms with E-state index >= 15 is 0 Å². The van der Waals surface area contributed by atoms with E-state index in [1.807, 2.05) is 90.4 Å². The highest BCUT2D eigenvalue weighted by molar-refractivity contribution is 14.1. The van der Waals surface area contributed by atoms with Crippen LogP contribution >= 0.6 is 137 Å². The molecule has 0 atom stereocenters. The Morgan fingerprint density at radius 3 is 1.78 bits per heavy atom. The van der Waals surface area contributed by atoms with E-state index in [9.17, 15) is 15.0 Å². The minimum Gasteiger partial charge on any atom is -0.506 e. The maximum atomic E-state index is 13.3. The predicted molar refractivity (Wildman–Crippen MR) is 162 cm³/mol. The molecule has 0 aliphatic carbocycles. The summed E-state index contributed by atoms with van der Waals surface area (Å²) in [4.78, 5) is 13.3. The summed E-state index contributed by atoms with van der Waals surface area (Å²) in [5.74, 6) is -0.0854. The molecule has 4 rings (SSSR count). The van der Waals surface area contributed by atoms with Gasteiger partial charge in [0, 0.05) is 16.8 Å². The SMILES string of the molecule is O=c1oc2cc(I)c(O)c(I)c2oc2c(I)c(O)c(I)cc2c2c(Cl)c(Cl)c(Cl)c(Cl)c12. The van der Waals surface area contributed by atoms with E-state index in [0.717, 1.165) is 0 Å². The van der Waals surface area contributed by atoms with Crippen molar-refractivity contribution >= 4 is 170 Å². The quantitative estimate of drug-likeness (QED) is 0.104. The fraction of sp³-hybridized carbons (Fsp3) is 0. The molecule has 5 nitrogen and oxygen atoms in total. The van der Waals surface area contributed by atoms with Gasteiger partial charge in [-0.3, -0.25) is 0 Å². The van der Waals surface area contributed by atoms with Gasteiger partial charge in [-0.2, -0.15) is 0 Å². The summed E-state index contributed by atoms with van der Waals surface area (Å²) in [6.07, 6.45) is 0. The van der Waals surface area contributed by atoms with E-state index in [1.54, 1.807) is 6.07 Å². The predicted octanol–water partition coefficient (Wildman–Crippen LogP) is 9.26. The number of benzene rings is 3. The molecule has 0 aliphatic heterocycles. The van der Waals surface area contributed by atoms with Crippen molar-refractivity contribution in [2.75, 3.05) is 0 Å². The largest absolute Gasteiger partial charge is 0.506 e. The van der Waals surface area contributed by atoms with Crippen LogP contribution in [0.5, 0.6) is 11.5 Å². The number of aromatic hydroxyl groups is 2. The zero-order valence-corrected chi connectivity index (χ0v) is 26.5. The number of fused-ring (bicyclic) bond motifs is 4. The molecule has 1 heterocycles. The van der Waals surface area contributed by atoms with Crippen molar-refractivity contribution in [3.05, 3.63) is 56.9 Å². The average molecular weight is 962 g/mol. The second kappa shape index (κ2) is 9.58. The summed E-state index contributed by atoms with van der Waals surface area (Å²) in [6, 6.07) is 3.03. The van der Waals surface area contributed by atoms with Crippen LogP contribution in [-0.4, -0.2) is 10.2 Å². The molecule has 0 saturated heterocycles. The van der Waals surface area contributed by atoms with Crippen LogP contribution in [-0.2, 0) is 0 Å². The van der Waals surface area contributed by atoms with Gasteiger partial charge < -0.3 is 19.0 Å². The lowest BCUT2D eigenvalue weighted by Gasteiger charge is -2.09. The molecule has 2 N–H and O–H groups in total. The van der Waals surface area contributed by atoms with Gasteiger partial charge in [-0.25, -0.2) is 4.79 Å². The van der Waals surface area contributed by atoms with Crippen LogP contribution in [0.1, 0.15) is 0 Å². The lowest BCUT2D eigenvalue weighted by Crippen LogP contribution is -1.99. The summed E-state index contributed by atoms with van der Waals surface area (Å²) in [5, 5.41) is 21.1. The molecule has 1 aromatic heterocycles. The number of hydrogen-bond donors (Lipinski definition) is 2. The Kier molecular flexibility index (Phi) is 7.69. The van der Waals surface area contributed by atoms with Crippen LogP contribution in [0.4, 0.5) is 0 Å².